The summed E-state index contributed by atoms with van der Waals surface area (Å²) < 4.78 is 5.43. The van der Waals surface area contributed by atoms with Gasteiger partial charge >= 0.3 is 0 Å². The number of rotatable bonds is 5. The summed E-state index contributed by atoms with van der Waals surface area (Å²) in [5.74, 6) is 0.439. The summed E-state index contributed by atoms with van der Waals surface area (Å²) in [5, 5.41) is 3.18. The predicted octanol–water partition coefficient (Wildman–Crippen LogP) is 3.06. The minimum atomic E-state index is 0.439. The second-order valence-corrected chi connectivity index (χ2v) is 6.78. The molecule has 3 rings (SSSR count). The van der Waals surface area contributed by atoms with Crippen LogP contribution in [0.3, 0.4) is 0 Å². The molecule has 0 radical (unpaired) electrons. The van der Waals surface area contributed by atoms with Crippen LogP contribution in [0.2, 0.25) is 0 Å². The van der Waals surface area contributed by atoms with Crippen molar-refractivity contribution >= 4 is 11.6 Å². The molecule has 0 unspecified atom stereocenters. The molecule has 2 aromatic rings. The van der Waals surface area contributed by atoms with Gasteiger partial charge in [0.25, 0.3) is 0 Å². The molecule has 1 aliphatic rings. The van der Waals surface area contributed by atoms with Gasteiger partial charge in [-0.25, -0.2) is 4.99 Å². The lowest BCUT2D eigenvalue weighted by Crippen LogP contribution is -2.35. The molecule has 0 amide bonds. The van der Waals surface area contributed by atoms with Crippen molar-refractivity contribution in [2.45, 2.75) is 26.9 Å². The van der Waals surface area contributed by atoms with Crippen LogP contribution in [0.4, 0.5) is 5.69 Å². The van der Waals surface area contributed by atoms with Crippen molar-refractivity contribution in [1.29, 1.82) is 0 Å². The minimum absolute atomic E-state index is 0.439. The summed E-state index contributed by atoms with van der Waals surface area (Å²) in [5.41, 5.74) is 12.1. The summed E-state index contributed by atoms with van der Waals surface area (Å²) in [7, 11) is 0. The Hall–Kier alpha value is -2.37. The Morgan fingerprint density at radius 3 is 2.54 bits per heavy atom. The number of nitrogens with zero attached hydrogens (tertiary/aromatic N) is 2. The van der Waals surface area contributed by atoms with E-state index in [4.69, 9.17) is 10.5 Å². The van der Waals surface area contributed by atoms with E-state index in [0.29, 0.717) is 12.5 Å². The molecule has 2 aromatic carbocycles. The highest BCUT2D eigenvalue weighted by molar-refractivity contribution is 5.92. The van der Waals surface area contributed by atoms with Crippen LogP contribution in [0.25, 0.3) is 0 Å². The first-order valence-electron chi connectivity index (χ1n) is 9.13. The Bertz CT molecular complexity index is 766. The summed E-state index contributed by atoms with van der Waals surface area (Å²) in [6.45, 7) is 9.28. The number of benzene rings is 2. The molecule has 138 valence electrons. The molecule has 5 nitrogen and oxygen atoms in total. The van der Waals surface area contributed by atoms with Gasteiger partial charge in [-0.05, 0) is 48.2 Å². The van der Waals surface area contributed by atoms with Gasteiger partial charge in [0.1, 0.15) is 0 Å². The van der Waals surface area contributed by atoms with Gasteiger partial charge in [0.2, 0.25) is 0 Å². The van der Waals surface area contributed by atoms with Crippen LogP contribution in [0.1, 0.15) is 22.3 Å². The third-order valence-electron chi connectivity index (χ3n) is 4.82. The third-order valence-corrected chi connectivity index (χ3v) is 4.82. The number of nitrogens with two attached hydrogens (primary N) is 1. The van der Waals surface area contributed by atoms with Gasteiger partial charge in [0.05, 0.1) is 19.8 Å². The number of morpholine rings is 1. The molecule has 0 bridgehead atoms. The molecule has 0 aliphatic carbocycles. The number of anilines is 1. The molecular formula is C21H28N4O. The number of nitrogens with one attached hydrogen (secondary N) is 1. The maximum atomic E-state index is 6.09. The lowest BCUT2D eigenvalue weighted by Gasteiger charge is -2.27. The molecule has 1 heterocycles. The maximum Gasteiger partial charge on any atom is 0.193 e. The van der Waals surface area contributed by atoms with Gasteiger partial charge in [0.15, 0.2) is 5.96 Å². The Morgan fingerprint density at radius 1 is 1.08 bits per heavy atom. The van der Waals surface area contributed by atoms with Gasteiger partial charge in [0, 0.05) is 25.3 Å². The van der Waals surface area contributed by atoms with E-state index < -0.39 is 0 Å². The lowest BCUT2D eigenvalue weighted by molar-refractivity contribution is 0.0341. The maximum absolute atomic E-state index is 6.09. The average Bonchev–Trinajstić information content (AvgIpc) is 2.65. The minimum Gasteiger partial charge on any atom is -0.379 e. The number of guanidine groups is 1. The second kappa shape index (κ2) is 8.83. The number of hydrogen-bond donors (Lipinski definition) is 2. The summed E-state index contributed by atoms with van der Waals surface area (Å²) in [6, 6.07) is 14.6. The van der Waals surface area contributed by atoms with Gasteiger partial charge in [-0.1, -0.05) is 30.3 Å². The van der Waals surface area contributed by atoms with Crippen molar-refractivity contribution in [2.75, 3.05) is 31.6 Å². The lowest BCUT2D eigenvalue weighted by atomic mass is 10.1. The molecule has 0 aromatic heterocycles. The second-order valence-electron chi connectivity index (χ2n) is 6.78. The SMILES string of the molecule is Cc1ccc(NC(N)=NCc2ccccc2CN2CCOCC2)cc1C. The zero-order valence-electron chi connectivity index (χ0n) is 15.7. The number of hydrogen-bond acceptors (Lipinski definition) is 3. The van der Waals surface area contributed by atoms with E-state index in [-0.39, 0.29) is 0 Å². The van der Waals surface area contributed by atoms with Crippen LogP contribution in [0.15, 0.2) is 47.5 Å². The Kier molecular flexibility index (Phi) is 6.26. The van der Waals surface area contributed by atoms with Gasteiger partial charge in [-0.15, -0.1) is 0 Å². The van der Waals surface area contributed by atoms with Gasteiger partial charge < -0.3 is 15.8 Å². The van der Waals surface area contributed by atoms with Crippen molar-refractivity contribution < 1.29 is 4.74 Å². The Labute approximate surface area is 155 Å². The molecule has 1 fully saturated rings. The smallest absolute Gasteiger partial charge is 0.193 e. The standard InChI is InChI=1S/C21H28N4O/c1-16-7-8-20(13-17(16)2)24-21(22)23-14-18-5-3-4-6-19(18)15-25-9-11-26-12-10-25/h3-8,13H,9-12,14-15H2,1-2H3,(H3,22,23,24). The molecule has 26 heavy (non-hydrogen) atoms. The van der Waals surface area contributed by atoms with E-state index in [1.165, 1.54) is 22.3 Å². The monoisotopic (exact) mass is 352 g/mol. The first-order valence-corrected chi connectivity index (χ1v) is 9.13. The number of aliphatic imine (C=N–C) groups is 1. The fourth-order valence-electron chi connectivity index (χ4n) is 3.04. The number of ether oxygens (including phenoxy) is 1. The van der Waals surface area contributed by atoms with Crippen molar-refractivity contribution in [3.8, 4) is 0 Å². The molecule has 3 N–H and O–H groups in total. The Balaban J connectivity index is 1.64. The number of aryl methyl sites for hydroxylation is 2. The molecule has 5 heteroatoms. The van der Waals surface area contributed by atoms with Crippen molar-refractivity contribution in [3.63, 3.8) is 0 Å². The zero-order chi connectivity index (χ0) is 18.4. The largest absolute Gasteiger partial charge is 0.379 e. The Morgan fingerprint density at radius 2 is 1.81 bits per heavy atom. The molecule has 1 aliphatic heterocycles. The molecule has 0 spiro atoms. The van der Waals surface area contributed by atoms with E-state index in [1.54, 1.807) is 0 Å². The normalized spacial score (nSPS) is 15.8. The van der Waals surface area contributed by atoms with Crippen LogP contribution < -0.4 is 11.1 Å². The van der Waals surface area contributed by atoms with E-state index in [2.05, 4.69) is 65.5 Å². The van der Waals surface area contributed by atoms with Gasteiger partial charge in [-0.3, -0.25) is 4.90 Å². The summed E-state index contributed by atoms with van der Waals surface area (Å²) >= 11 is 0. The topological polar surface area (TPSA) is 62.9 Å². The third kappa shape index (κ3) is 5.07. The van der Waals surface area contributed by atoms with E-state index in [1.807, 2.05) is 6.07 Å². The highest BCUT2D eigenvalue weighted by atomic mass is 16.5. The highest BCUT2D eigenvalue weighted by Crippen LogP contribution is 2.15. The van der Waals surface area contributed by atoms with E-state index in [0.717, 1.165) is 38.5 Å². The highest BCUT2D eigenvalue weighted by Gasteiger charge is 2.12. The van der Waals surface area contributed by atoms with Crippen LogP contribution in [-0.2, 0) is 17.8 Å². The first-order chi connectivity index (χ1) is 12.6. The quantitative estimate of drug-likeness (QED) is 0.641. The van der Waals surface area contributed by atoms with Crippen molar-refractivity contribution in [3.05, 3.63) is 64.7 Å². The van der Waals surface area contributed by atoms with Crippen molar-refractivity contribution in [1.82, 2.24) is 4.90 Å². The van der Waals surface area contributed by atoms with Crippen molar-refractivity contribution in [2.24, 2.45) is 10.7 Å². The zero-order valence-corrected chi connectivity index (χ0v) is 15.7. The first kappa shape index (κ1) is 18.4. The van der Waals surface area contributed by atoms with Crippen LogP contribution in [0, 0.1) is 13.8 Å². The average molecular weight is 352 g/mol. The van der Waals surface area contributed by atoms with E-state index >= 15 is 0 Å². The van der Waals surface area contributed by atoms with Gasteiger partial charge in [-0.2, -0.15) is 0 Å². The van der Waals surface area contributed by atoms with Crippen LogP contribution in [0.5, 0.6) is 0 Å². The fourth-order valence-corrected chi connectivity index (χ4v) is 3.04. The molecule has 0 atom stereocenters. The summed E-state index contributed by atoms with van der Waals surface area (Å²) in [6.07, 6.45) is 0. The predicted molar refractivity (Wildman–Crippen MR) is 107 cm³/mol. The van der Waals surface area contributed by atoms with Crippen LogP contribution in [-0.4, -0.2) is 37.2 Å². The fraction of sp³-hybridized carbons (Fsp3) is 0.381. The molecule has 1 saturated heterocycles. The van der Waals surface area contributed by atoms with Crippen LogP contribution >= 0.6 is 0 Å². The van der Waals surface area contributed by atoms with E-state index in [9.17, 15) is 0 Å². The summed E-state index contributed by atoms with van der Waals surface area (Å²) in [4.78, 5) is 6.96. The molecular weight excluding hydrogens is 324 g/mol. The molecule has 0 saturated carbocycles.